The van der Waals surface area contributed by atoms with Gasteiger partial charge in [-0.2, -0.15) is 15.0 Å². The molecule has 0 spiro atoms. The lowest BCUT2D eigenvalue weighted by molar-refractivity contribution is 0.121. The zero-order chi connectivity index (χ0) is 13.8. The van der Waals surface area contributed by atoms with Crippen LogP contribution in [0.3, 0.4) is 0 Å². The number of hydrogen-bond acceptors (Lipinski definition) is 6. The maximum absolute atomic E-state index is 5.97. The van der Waals surface area contributed by atoms with Crippen LogP contribution in [0.5, 0.6) is 0 Å². The molecule has 0 saturated carbocycles. The molecule has 19 heavy (non-hydrogen) atoms. The van der Waals surface area contributed by atoms with Crippen molar-refractivity contribution in [3.63, 3.8) is 0 Å². The van der Waals surface area contributed by atoms with Crippen molar-refractivity contribution < 1.29 is 4.74 Å². The number of aromatic nitrogens is 3. The minimum Gasteiger partial charge on any atom is -0.376 e. The Labute approximate surface area is 118 Å². The molecule has 1 aromatic rings. The molecule has 1 aliphatic rings. The molecule has 7 heteroatoms. The lowest BCUT2D eigenvalue weighted by Gasteiger charge is -2.20. The fourth-order valence-electron chi connectivity index (χ4n) is 2.14. The number of nitrogens with zero attached hydrogens (tertiary/aromatic N) is 4. The van der Waals surface area contributed by atoms with Gasteiger partial charge in [0.25, 0.3) is 0 Å². The van der Waals surface area contributed by atoms with Crippen LogP contribution < -0.4 is 10.2 Å². The fourth-order valence-corrected chi connectivity index (χ4v) is 2.29. The highest BCUT2D eigenvalue weighted by Gasteiger charge is 2.25. The molecule has 1 aromatic heterocycles. The van der Waals surface area contributed by atoms with Crippen LogP contribution in [0, 0.1) is 0 Å². The Balaban J connectivity index is 2.16. The molecular weight excluding hydrogens is 266 g/mol. The Morgan fingerprint density at radius 2 is 2.05 bits per heavy atom. The summed E-state index contributed by atoms with van der Waals surface area (Å²) in [5.74, 6) is 1.13. The van der Waals surface area contributed by atoms with Gasteiger partial charge in [-0.3, -0.25) is 0 Å². The van der Waals surface area contributed by atoms with Gasteiger partial charge in [-0.25, -0.2) is 0 Å². The topological polar surface area (TPSA) is 63.2 Å². The van der Waals surface area contributed by atoms with Crippen molar-refractivity contribution in [2.75, 3.05) is 29.9 Å². The summed E-state index contributed by atoms with van der Waals surface area (Å²) in [6, 6.07) is 0.225. The average molecular weight is 286 g/mol. The van der Waals surface area contributed by atoms with Gasteiger partial charge in [-0.15, -0.1) is 0 Å². The SMILES string of the molecule is CCN(CC)c1nc(Cl)nc(NC2CCOC2C)n1. The van der Waals surface area contributed by atoms with Crippen LogP contribution in [0.2, 0.25) is 5.28 Å². The van der Waals surface area contributed by atoms with Crippen LogP contribution in [0.15, 0.2) is 0 Å². The number of rotatable bonds is 5. The second-order valence-corrected chi connectivity index (χ2v) is 4.85. The lowest BCUT2D eigenvalue weighted by atomic mass is 10.2. The minimum absolute atomic E-state index is 0.160. The molecular formula is C12H20ClN5O. The van der Waals surface area contributed by atoms with Crippen LogP contribution in [-0.2, 0) is 4.74 Å². The molecule has 2 rings (SSSR count). The van der Waals surface area contributed by atoms with Gasteiger partial charge in [0.1, 0.15) is 0 Å². The van der Waals surface area contributed by atoms with E-state index in [1.165, 1.54) is 0 Å². The van der Waals surface area contributed by atoms with E-state index < -0.39 is 0 Å². The monoisotopic (exact) mass is 285 g/mol. The van der Waals surface area contributed by atoms with Gasteiger partial charge in [-0.1, -0.05) is 0 Å². The third kappa shape index (κ3) is 3.45. The zero-order valence-electron chi connectivity index (χ0n) is 11.6. The predicted molar refractivity (Wildman–Crippen MR) is 75.8 cm³/mol. The predicted octanol–water partition coefficient (Wildman–Crippen LogP) is 1.96. The number of nitrogens with one attached hydrogen (secondary N) is 1. The van der Waals surface area contributed by atoms with Crippen molar-refractivity contribution in [1.82, 2.24) is 15.0 Å². The Morgan fingerprint density at radius 3 is 2.63 bits per heavy atom. The van der Waals surface area contributed by atoms with E-state index in [1.54, 1.807) is 0 Å². The largest absolute Gasteiger partial charge is 0.376 e. The molecule has 0 bridgehead atoms. The van der Waals surface area contributed by atoms with Crippen molar-refractivity contribution in [3.8, 4) is 0 Å². The molecule has 106 valence electrons. The summed E-state index contributed by atoms with van der Waals surface area (Å²) < 4.78 is 5.51. The van der Waals surface area contributed by atoms with Gasteiger partial charge >= 0.3 is 0 Å². The maximum Gasteiger partial charge on any atom is 0.231 e. The van der Waals surface area contributed by atoms with Crippen LogP contribution in [0.25, 0.3) is 0 Å². The third-order valence-electron chi connectivity index (χ3n) is 3.33. The van der Waals surface area contributed by atoms with Crippen molar-refractivity contribution in [2.45, 2.75) is 39.3 Å². The number of hydrogen-bond donors (Lipinski definition) is 1. The third-order valence-corrected chi connectivity index (χ3v) is 3.50. The summed E-state index contributed by atoms with van der Waals surface area (Å²) in [4.78, 5) is 14.8. The normalized spacial score (nSPS) is 22.5. The van der Waals surface area contributed by atoms with Crippen LogP contribution in [0.4, 0.5) is 11.9 Å². The first-order chi connectivity index (χ1) is 9.13. The van der Waals surface area contributed by atoms with E-state index in [9.17, 15) is 0 Å². The quantitative estimate of drug-likeness (QED) is 0.892. The van der Waals surface area contributed by atoms with Crippen molar-refractivity contribution >= 4 is 23.5 Å². The molecule has 0 aliphatic carbocycles. The highest BCUT2D eigenvalue weighted by Crippen LogP contribution is 2.19. The molecule has 6 nitrogen and oxygen atoms in total. The zero-order valence-corrected chi connectivity index (χ0v) is 12.3. The summed E-state index contributed by atoms with van der Waals surface area (Å²) in [6.45, 7) is 8.58. The van der Waals surface area contributed by atoms with Gasteiger partial charge in [0.15, 0.2) is 0 Å². The summed E-state index contributed by atoms with van der Waals surface area (Å²) in [5.41, 5.74) is 0. The van der Waals surface area contributed by atoms with Gasteiger partial charge in [0, 0.05) is 19.7 Å². The molecule has 0 radical (unpaired) electrons. The highest BCUT2D eigenvalue weighted by molar-refractivity contribution is 6.28. The van der Waals surface area contributed by atoms with Crippen molar-refractivity contribution in [3.05, 3.63) is 5.28 Å². The standard InChI is InChI=1S/C12H20ClN5O/c1-4-18(5-2)12-16-10(13)15-11(17-12)14-9-6-7-19-8(9)3/h8-9H,4-7H2,1-3H3,(H,14,15,16,17). The van der Waals surface area contributed by atoms with E-state index in [0.29, 0.717) is 11.9 Å². The molecule has 1 aliphatic heterocycles. The molecule has 0 amide bonds. The van der Waals surface area contributed by atoms with Crippen molar-refractivity contribution in [2.24, 2.45) is 0 Å². The fraction of sp³-hybridized carbons (Fsp3) is 0.750. The molecule has 2 atom stereocenters. The van der Waals surface area contributed by atoms with Gasteiger partial charge in [0.2, 0.25) is 17.2 Å². The Morgan fingerprint density at radius 1 is 1.32 bits per heavy atom. The first kappa shape index (κ1) is 14.3. The number of ether oxygens (including phenoxy) is 1. The van der Waals surface area contributed by atoms with E-state index in [0.717, 1.165) is 26.1 Å². The summed E-state index contributed by atoms with van der Waals surface area (Å²) in [6.07, 6.45) is 1.11. The first-order valence-corrected chi connectivity index (χ1v) is 7.06. The Kier molecular flexibility index (Phi) is 4.76. The van der Waals surface area contributed by atoms with E-state index in [4.69, 9.17) is 16.3 Å². The smallest absolute Gasteiger partial charge is 0.231 e. The van der Waals surface area contributed by atoms with E-state index in [1.807, 2.05) is 11.8 Å². The summed E-state index contributed by atoms with van der Waals surface area (Å²) in [7, 11) is 0. The van der Waals surface area contributed by atoms with Crippen LogP contribution in [-0.4, -0.2) is 46.8 Å². The molecule has 1 N–H and O–H groups in total. The number of halogens is 1. The van der Waals surface area contributed by atoms with E-state index in [-0.39, 0.29) is 17.4 Å². The molecule has 2 unspecified atom stereocenters. The molecule has 0 aromatic carbocycles. The average Bonchev–Trinajstić information content (AvgIpc) is 2.76. The Bertz CT molecular complexity index is 427. The van der Waals surface area contributed by atoms with E-state index >= 15 is 0 Å². The van der Waals surface area contributed by atoms with Crippen LogP contribution in [0.1, 0.15) is 27.2 Å². The minimum atomic E-state index is 0.160. The van der Waals surface area contributed by atoms with E-state index in [2.05, 4.69) is 34.1 Å². The maximum atomic E-state index is 5.97. The van der Waals surface area contributed by atoms with Crippen LogP contribution >= 0.6 is 11.6 Å². The van der Waals surface area contributed by atoms with Gasteiger partial charge in [-0.05, 0) is 38.8 Å². The Hall–Kier alpha value is -1.14. The highest BCUT2D eigenvalue weighted by atomic mass is 35.5. The first-order valence-electron chi connectivity index (χ1n) is 6.68. The van der Waals surface area contributed by atoms with Crippen molar-refractivity contribution in [1.29, 1.82) is 0 Å². The van der Waals surface area contributed by atoms with Gasteiger partial charge < -0.3 is 15.0 Å². The lowest BCUT2D eigenvalue weighted by Crippen LogP contribution is -2.29. The molecule has 1 fully saturated rings. The molecule has 2 heterocycles. The second-order valence-electron chi connectivity index (χ2n) is 4.52. The van der Waals surface area contributed by atoms with Gasteiger partial charge in [0.05, 0.1) is 12.1 Å². The number of anilines is 2. The summed E-state index contributed by atoms with van der Waals surface area (Å²) >= 11 is 5.97. The second kappa shape index (κ2) is 6.34. The summed E-state index contributed by atoms with van der Waals surface area (Å²) in [5, 5.41) is 3.49. The molecule has 1 saturated heterocycles.